The Morgan fingerprint density at radius 1 is 0.340 bits per heavy atom. The lowest BCUT2D eigenvalue weighted by Crippen LogP contribution is -2.11. The predicted molar refractivity (Wildman–Crippen MR) is 210 cm³/mol. The van der Waals surface area contributed by atoms with Crippen LogP contribution in [0.1, 0.15) is 0 Å². The third kappa shape index (κ3) is 5.53. The number of fused-ring (bicyclic) bond motifs is 2. The largest absolute Gasteiger partial charge is 0.456 e. The summed E-state index contributed by atoms with van der Waals surface area (Å²) in [6.45, 7) is 0. The number of anilines is 3. The molecule has 9 rings (SSSR count). The number of rotatable bonds is 7. The summed E-state index contributed by atoms with van der Waals surface area (Å²) >= 11 is 0. The van der Waals surface area contributed by atoms with Crippen LogP contribution in [0.25, 0.3) is 66.4 Å². The zero-order chi connectivity index (χ0) is 33.3. The van der Waals surface area contributed by atoms with Crippen LogP contribution in [0.4, 0.5) is 17.1 Å². The van der Waals surface area contributed by atoms with Crippen molar-refractivity contribution in [3.8, 4) is 44.7 Å². The number of hydrogen-bond acceptors (Lipinski definition) is 2. The summed E-state index contributed by atoms with van der Waals surface area (Å²) in [6, 6.07) is 71.0. The van der Waals surface area contributed by atoms with Gasteiger partial charge in [-0.1, -0.05) is 152 Å². The van der Waals surface area contributed by atoms with Crippen molar-refractivity contribution in [3.63, 3.8) is 0 Å². The Morgan fingerprint density at radius 3 is 1.54 bits per heavy atom. The second-order valence-electron chi connectivity index (χ2n) is 12.6. The van der Waals surface area contributed by atoms with E-state index in [2.05, 4.69) is 187 Å². The fraction of sp³-hybridized carbons (Fsp3) is 0. The molecular formula is C48H33NO. The highest BCUT2D eigenvalue weighted by molar-refractivity contribution is 5.97. The van der Waals surface area contributed by atoms with Crippen LogP contribution in [0.5, 0.6) is 0 Å². The molecule has 236 valence electrons. The van der Waals surface area contributed by atoms with E-state index in [0.717, 1.165) is 39.4 Å². The summed E-state index contributed by atoms with van der Waals surface area (Å²) in [5.41, 5.74) is 12.3. The Labute approximate surface area is 292 Å². The first kappa shape index (κ1) is 29.5. The predicted octanol–water partition coefficient (Wildman–Crippen LogP) is 13.7. The molecule has 50 heavy (non-hydrogen) atoms. The maximum atomic E-state index is 6.43. The number of benzene rings is 8. The Kier molecular flexibility index (Phi) is 7.53. The third-order valence-electron chi connectivity index (χ3n) is 9.51. The summed E-state index contributed by atoms with van der Waals surface area (Å²) in [6.07, 6.45) is 0. The van der Waals surface area contributed by atoms with Crippen molar-refractivity contribution in [1.29, 1.82) is 0 Å². The van der Waals surface area contributed by atoms with Gasteiger partial charge in [0, 0.05) is 22.3 Å². The van der Waals surface area contributed by atoms with Gasteiger partial charge in [0.15, 0.2) is 0 Å². The lowest BCUT2D eigenvalue weighted by atomic mass is 9.97. The minimum Gasteiger partial charge on any atom is -0.456 e. The molecule has 2 heteroatoms. The van der Waals surface area contributed by atoms with Gasteiger partial charge in [0.05, 0.1) is 5.69 Å². The molecule has 0 bridgehead atoms. The summed E-state index contributed by atoms with van der Waals surface area (Å²) in [5.74, 6) is 0.842. The maximum Gasteiger partial charge on any atom is 0.137 e. The highest BCUT2D eigenvalue weighted by atomic mass is 16.3. The quantitative estimate of drug-likeness (QED) is 0.173. The highest BCUT2D eigenvalue weighted by Gasteiger charge is 2.19. The van der Waals surface area contributed by atoms with Crippen LogP contribution in [-0.2, 0) is 0 Å². The summed E-state index contributed by atoms with van der Waals surface area (Å²) in [4.78, 5) is 2.33. The number of nitrogens with zero attached hydrogens (tertiary/aromatic N) is 1. The van der Waals surface area contributed by atoms with Crippen molar-refractivity contribution in [2.45, 2.75) is 0 Å². The van der Waals surface area contributed by atoms with Gasteiger partial charge in [0.2, 0.25) is 0 Å². The van der Waals surface area contributed by atoms with Crippen LogP contribution in [0, 0.1) is 0 Å². The molecule has 0 atom stereocenters. The Morgan fingerprint density at radius 2 is 0.840 bits per heavy atom. The van der Waals surface area contributed by atoms with Gasteiger partial charge in [-0.2, -0.15) is 0 Å². The van der Waals surface area contributed by atoms with Gasteiger partial charge in [-0.25, -0.2) is 0 Å². The maximum absolute atomic E-state index is 6.43. The van der Waals surface area contributed by atoms with Crippen molar-refractivity contribution < 1.29 is 4.42 Å². The molecule has 0 aliphatic rings. The third-order valence-corrected chi connectivity index (χ3v) is 9.51. The Balaban J connectivity index is 1.13. The van der Waals surface area contributed by atoms with E-state index in [1.54, 1.807) is 0 Å². The average molecular weight is 640 g/mol. The van der Waals surface area contributed by atoms with E-state index in [-0.39, 0.29) is 0 Å². The summed E-state index contributed by atoms with van der Waals surface area (Å²) < 4.78 is 6.43. The normalized spacial score (nSPS) is 11.2. The molecule has 2 nitrogen and oxygen atoms in total. The molecule has 1 heterocycles. The molecule has 0 aliphatic carbocycles. The number of para-hydroxylation sites is 2. The molecule has 1 aromatic heterocycles. The lowest BCUT2D eigenvalue weighted by molar-refractivity contribution is 0.631. The zero-order valence-electron chi connectivity index (χ0n) is 27.4. The molecule has 0 radical (unpaired) electrons. The van der Waals surface area contributed by atoms with Crippen LogP contribution in [0.2, 0.25) is 0 Å². The molecule has 0 unspecified atom stereocenters. The van der Waals surface area contributed by atoms with Crippen LogP contribution < -0.4 is 4.90 Å². The fourth-order valence-electron chi connectivity index (χ4n) is 6.97. The van der Waals surface area contributed by atoms with Crippen LogP contribution in [0.15, 0.2) is 205 Å². The lowest BCUT2D eigenvalue weighted by Gasteiger charge is -2.27. The van der Waals surface area contributed by atoms with E-state index in [4.69, 9.17) is 4.42 Å². The highest BCUT2D eigenvalue weighted by Crippen LogP contribution is 2.43. The first-order valence-corrected chi connectivity index (χ1v) is 17.0. The molecule has 0 amide bonds. The van der Waals surface area contributed by atoms with Gasteiger partial charge in [-0.15, -0.1) is 0 Å². The Bertz CT molecular complexity index is 2530. The summed E-state index contributed by atoms with van der Waals surface area (Å²) in [7, 11) is 0. The molecule has 8 aromatic carbocycles. The van der Waals surface area contributed by atoms with Gasteiger partial charge >= 0.3 is 0 Å². The van der Waals surface area contributed by atoms with E-state index in [0.29, 0.717) is 0 Å². The molecule has 9 aromatic rings. The van der Waals surface area contributed by atoms with Gasteiger partial charge < -0.3 is 9.32 Å². The SMILES string of the molecule is c1ccc(-c2ccc(-c3ccc(N(c4ccc(-c5cccc6ccccc56)cc4)c4ccccc4-c4cc5ccccc5o4)cc3)cc2)cc1. The summed E-state index contributed by atoms with van der Waals surface area (Å²) in [5, 5.41) is 3.58. The minimum absolute atomic E-state index is 0.842. The van der Waals surface area contributed by atoms with E-state index in [1.165, 1.54) is 44.2 Å². The van der Waals surface area contributed by atoms with E-state index < -0.39 is 0 Å². The van der Waals surface area contributed by atoms with E-state index in [1.807, 2.05) is 18.2 Å². The van der Waals surface area contributed by atoms with Crippen LogP contribution in [-0.4, -0.2) is 0 Å². The van der Waals surface area contributed by atoms with Crippen molar-refractivity contribution in [1.82, 2.24) is 0 Å². The topological polar surface area (TPSA) is 16.4 Å². The van der Waals surface area contributed by atoms with E-state index >= 15 is 0 Å². The smallest absolute Gasteiger partial charge is 0.137 e. The minimum atomic E-state index is 0.842. The second kappa shape index (κ2) is 12.8. The molecule has 0 spiro atoms. The molecule has 0 N–H and O–H groups in total. The van der Waals surface area contributed by atoms with Crippen molar-refractivity contribution >= 4 is 38.8 Å². The number of furan rings is 1. The van der Waals surface area contributed by atoms with Crippen molar-refractivity contribution in [2.75, 3.05) is 4.90 Å². The second-order valence-corrected chi connectivity index (χ2v) is 12.6. The molecule has 0 saturated carbocycles. The number of hydrogen-bond donors (Lipinski definition) is 0. The molecule has 0 saturated heterocycles. The first-order valence-electron chi connectivity index (χ1n) is 17.0. The van der Waals surface area contributed by atoms with Gasteiger partial charge in [-0.05, 0) is 92.7 Å². The fourth-order valence-corrected chi connectivity index (χ4v) is 6.97. The standard InChI is InChI=1S/C48H33NO/c1-2-11-34(12-3-1)35-21-23-36(24-22-35)37-25-29-41(30-26-37)49(46-19-8-7-17-45(46)48-33-40-14-5-9-20-47(40)50-48)42-31-27-39(28-32-42)44-18-10-15-38-13-4-6-16-43(38)44/h1-33H. The molecular weight excluding hydrogens is 607 g/mol. The average Bonchev–Trinajstić information content (AvgIpc) is 3.64. The van der Waals surface area contributed by atoms with Crippen LogP contribution >= 0.6 is 0 Å². The van der Waals surface area contributed by atoms with E-state index in [9.17, 15) is 0 Å². The van der Waals surface area contributed by atoms with Crippen molar-refractivity contribution in [2.24, 2.45) is 0 Å². The van der Waals surface area contributed by atoms with Crippen molar-refractivity contribution in [3.05, 3.63) is 200 Å². The van der Waals surface area contributed by atoms with Crippen LogP contribution in [0.3, 0.4) is 0 Å². The first-order chi connectivity index (χ1) is 24.8. The molecule has 0 fully saturated rings. The van der Waals surface area contributed by atoms with Gasteiger partial charge in [0.25, 0.3) is 0 Å². The van der Waals surface area contributed by atoms with Gasteiger partial charge in [-0.3, -0.25) is 0 Å². The van der Waals surface area contributed by atoms with Gasteiger partial charge in [0.1, 0.15) is 11.3 Å². The zero-order valence-corrected chi connectivity index (χ0v) is 27.4. The molecule has 0 aliphatic heterocycles. The Hall–Kier alpha value is -6.64. The monoisotopic (exact) mass is 639 g/mol.